The van der Waals surface area contributed by atoms with E-state index in [-0.39, 0.29) is 11.9 Å². The Bertz CT molecular complexity index is 417. The molecule has 1 amide bonds. The first kappa shape index (κ1) is 13.9. The Morgan fingerprint density at radius 1 is 1.37 bits per heavy atom. The lowest BCUT2D eigenvalue weighted by molar-refractivity contribution is -0.127. The molecule has 1 heterocycles. The van der Waals surface area contributed by atoms with Gasteiger partial charge in [0.1, 0.15) is 5.75 Å². The fraction of sp³-hybridized carbons (Fsp3) is 0.533. The van der Waals surface area contributed by atoms with E-state index in [2.05, 4.69) is 10.2 Å². The molecule has 1 N–H and O–H groups in total. The second-order valence-corrected chi connectivity index (χ2v) is 5.06. The molecule has 0 spiro atoms. The fourth-order valence-corrected chi connectivity index (χ4v) is 2.46. The van der Waals surface area contributed by atoms with Crippen molar-refractivity contribution in [2.24, 2.45) is 0 Å². The van der Waals surface area contributed by atoms with E-state index in [1.54, 1.807) is 7.11 Å². The smallest absolute Gasteiger partial charge is 0.237 e. The van der Waals surface area contributed by atoms with Crippen LogP contribution in [-0.2, 0) is 11.3 Å². The minimum atomic E-state index is 0.0343. The van der Waals surface area contributed by atoms with Crippen LogP contribution in [0.4, 0.5) is 0 Å². The number of nitrogens with zero attached hydrogens (tertiary/aromatic N) is 1. The van der Waals surface area contributed by atoms with E-state index in [9.17, 15) is 4.79 Å². The Kier molecular flexibility index (Phi) is 4.80. The molecular formula is C15H22N2O2. The van der Waals surface area contributed by atoms with Crippen molar-refractivity contribution in [1.29, 1.82) is 0 Å². The number of likely N-dealkylation sites (tertiary alicyclic amines) is 1. The Balaban J connectivity index is 1.85. The number of amides is 1. The quantitative estimate of drug-likeness (QED) is 0.899. The van der Waals surface area contributed by atoms with Crippen LogP contribution in [0.15, 0.2) is 24.3 Å². The third-order valence-corrected chi connectivity index (χ3v) is 3.70. The van der Waals surface area contributed by atoms with E-state index < -0.39 is 0 Å². The Morgan fingerprint density at radius 3 is 2.74 bits per heavy atom. The third-order valence-electron chi connectivity index (χ3n) is 3.70. The van der Waals surface area contributed by atoms with Crippen LogP contribution in [0.3, 0.4) is 0 Å². The number of rotatable bonds is 4. The zero-order chi connectivity index (χ0) is 13.7. The molecule has 4 nitrogen and oxygen atoms in total. The normalized spacial score (nSPS) is 20.0. The first-order valence-corrected chi connectivity index (χ1v) is 6.81. The molecule has 0 aliphatic carbocycles. The van der Waals surface area contributed by atoms with Crippen LogP contribution >= 0.6 is 0 Å². The molecule has 2 rings (SSSR count). The van der Waals surface area contributed by atoms with Gasteiger partial charge in [-0.05, 0) is 44.1 Å². The maximum absolute atomic E-state index is 12.1. The lowest BCUT2D eigenvalue weighted by atomic mass is 10.0. The van der Waals surface area contributed by atoms with Gasteiger partial charge in [0.15, 0.2) is 0 Å². The highest BCUT2D eigenvalue weighted by Gasteiger charge is 2.25. The van der Waals surface area contributed by atoms with Crippen molar-refractivity contribution in [3.05, 3.63) is 29.8 Å². The number of methoxy groups -OCH3 is 1. The zero-order valence-corrected chi connectivity index (χ0v) is 11.7. The summed E-state index contributed by atoms with van der Waals surface area (Å²) in [6, 6.07) is 7.81. The Morgan fingerprint density at radius 2 is 2.11 bits per heavy atom. The summed E-state index contributed by atoms with van der Waals surface area (Å²) in [6.07, 6.45) is 3.30. The predicted octanol–water partition coefficient (Wildman–Crippen LogP) is 1.80. The van der Waals surface area contributed by atoms with Gasteiger partial charge in [0.25, 0.3) is 0 Å². The van der Waals surface area contributed by atoms with Crippen LogP contribution in [-0.4, -0.2) is 37.6 Å². The van der Waals surface area contributed by atoms with Crippen molar-refractivity contribution >= 4 is 5.91 Å². The summed E-state index contributed by atoms with van der Waals surface area (Å²) in [5.74, 6) is 0.972. The molecule has 1 aromatic carbocycles. The number of likely N-dealkylation sites (N-methyl/N-ethyl adjacent to an activating group) is 1. The van der Waals surface area contributed by atoms with E-state index in [1.165, 1.54) is 6.42 Å². The number of piperidine rings is 1. The molecule has 19 heavy (non-hydrogen) atoms. The number of carbonyl (C=O) groups excluding carboxylic acids is 1. The average Bonchev–Trinajstić information content (AvgIpc) is 2.46. The van der Waals surface area contributed by atoms with Gasteiger partial charge in [0, 0.05) is 6.54 Å². The molecule has 0 aromatic heterocycles. The van der Waals surface area contributed by atoms with Crippen molar-refractivity contribution in [2.75, 3.05) is 20.7 Å². The van der Waals surface area contributed by atoms with E-state index in [0.29, 0.717) is 6.54 Å². The van der Waals surface area contributed by atoms with Gasteiger partial charge in [-0.1, -0.05) is 18.6 Å². The van der Waals surface area contributed by atoms with Crippen molar-refractivity contribution in [2.45, 2.75) is 31.8 Å². The molecule has 0 bridgehead atoms. The summed E-state index contributed by atoms with van der Waals surface area (Å²) < 4.78 is 5.11. The largest absolute Gasteiger partial charge is 0.497 e. The molecule has 1 aliphatic rings. The van der Waals surface area contributed by atoms with Gasteiger partial charge in [0.05, 0.1) is 13.2 Å². The van der Waals surface area contributed by atoms with Crippen molar-refractivity contribution in [3.8, 4) is 5.75 Å². The van der Waals surface area contributed by atoms with Gasteiger partial charge in [0.2, 0.25) is 5.91 Å². The first-order valence-electron chi connectivity index (χ1n) is 6.81. The van der Waals surface area contributed by atoms with Crippen molar-refractivity contribution in [3.63, 3.8) is 0 Å². The number of benzene rings is 1. The van der Waals surface area contributed by atoms with Crippen LogP contribution in [0.2, 0.25) is 0 Å². The van der Waals surface area contributed by atoms with Gasteiger partial charge in [-0.2, -0.15) is 0 Å². The molecule has 0 saturated carbocycles. The highest BCUT2D eigenvalue weighted by molar-refractivity contribution is 5.81. The summed E-state index contributed by atoms with van der Waals surface area (Å²) in [5, 5.41) is 3.02. The van der Waals surface area contributed by atoms with E-state index in [1.807, 2.05) is 31.3 Å². The molecule has 4 heteroatoms. The highest BCUT2D eigenvalue weighted by Crippen LogP contribution is 2.15. The van der Waals surface area contributed by atoms with Crippen LogP contribution in [0.25, 0.3) is 0 Å². The van der Waals surface area contributed by atoms with E-state index >= 15 is 0 Å². The lowest BCUT2D eigenvalue weighted by Gasteiger charge is -2.31. The lowest BCUT2D eigenvalue weighted by Crippen LogP contribution is -2.47. The Labute approximate surface area is 114 Å². The van der Waals surface area contributed by atoms with Gasteiger partial charge in [-0.15, -0.1) is 0 Å². The van der Waals surface area contributed by atoms with Gasteiger partial charge >= 0.3 is 0 Å². The summed E-state index contributed by atoms with van der Waals surface area (Å²) in [5.41, 5.74) is 1.09. The maximum atomic E-state index is 12.1. The highest BCUT2D eigenvalue weighted by atomic mass is 16.5. The number of nitrogens with one attached hydrogen (secondary N) is 1. The molecule has 1 saturated heterocycles. The molecule has 1 aliphatic heterocycles. The third kappa shape index (κ3) is 3.70. The monoisotopic (exact) mass is 262 g/mol. The molecule has 1 aromatic rings. The molecule has 0 radical (unpaired) electrons. The SMILES string of the molecule is COc1ccc(CNC(=O)C2CCCCN2C)cc1. The standard InChI is InChI=1S/C15H22N2O2/c1-17-10-4-3-5-14(17)15(18)16-11-12-6-8-13(19-2)9-7-12/h6-9,14H,3-5,10-11H2,1-2H3,(H,16,18). The molecular weight excluding hydrogens is 240 g/mol. The predicted molar refractivity (Wildman–Crippen MR) is 75.1 cm³/mol. The van der Waals surface area contributed by atoms with Crippen LogP contribution in [0.5, 0.6) is 5.75 Å². The van der Waals surface area contributed by atoms with Crippen molar-refractivity contribution in [1.82, 2.24) is 10.2 Å². The van der Waals surface area contributed by atoms with Gasteiger partial charge < -0.3 is 10.1 Å². The summed E-state index contributed by atoms with van der Waals surface area (Å²) in [7, 11) is 3.67. The van der Waals surface area contributed by atoms with E-state index in [4.69, 9.17) is 4.74 Å². The van der Waals surface area contributed by atoms with Crippen LogP contribution in [0.1, 0.15) is 24.8 Å². The zero-order valence-electron chi connectivity index (χ0n) is 11.7. The number of hydrogen-bond acceptors (Lipinski definition) is 3. The molecule has 104 valence electrons. The average molecular weight is 262 g/mol. The van der Waals surface area contributed by atoms with Crippen LogP contribution < -0.4 is 10.1 Å². The number of carbonyl (C=O) groups is 1. The minimum Gasteiger partial charge on any atom is -0.497 e. The van der Waals surface area contributed by atoms with Crippen molar-refractivity contribution < 1.29 is 9.53 Å². The van der Waals surface area contributed by atoms with Crippen LogP contribution in [0, 0.1) is 0 Å². The van der Waals surface area contributed by atoms with Gasteiger partial charge in [-0.25, -0.2) is 0 Å². The summed E-state index contributed by atoms with van der Waals surface area (Å²) in [6.45, 7) is 1.59. The maximum Gasteiger partial charge on any atom is 0.237 e. The topological polar surface area (TPSA) is 41.6 Å². The minimum absolute atomic E-state index is 0.0343. The molecule has 1 unspecified atom stereocenters. The fourth-order valence-electron chi connectivity index (χ4n) is 2.46. The second-order valence-electron chi connectivity index (χ2n) is 5.06. The number of ether oxygens (including phenoxy) is 1. The molecule has 1 fully saturated rings. The molecule has 1 atom stereocenters. The summed E-state index contributed by atoms with van der Waals surface area (Å²) >= 11 is 0. The second kappa shape index (κ2) is 6.57. The van der Waals surface area contributed by atoms with E-state index in [0.717, 1.165) is 30.7 Å². The first-order chi connectivity index (χ1) is 9.20. The number of hydrogen-bond donors (Lipinski definition) is 1. The van der Waals surface area contributed by atoms with Gasteiger partial charge in [-0.3, -0.25) is 9.69 Å². The summed E-state index contributed by atoms with van der Waals surface area (Å²) in [4.78, 5) is 14.3. The Hall–Kier alpha value is -1.55.